The first-order valence-corrected chi connectivity index (χ1v) is 6.37. The van der Waals surface area contributed by atoms with Gasteiger partial charge in [0.2, 0.25) is 0 Å². The molecule has 0 spiro atoms. The molecular weight excluding hydrogens is 194 g/mol. The Morgan fingerprint density at radius 3 is 2.69 bits per heavy atom. The van der Waals surface area contributed by atoms with Crippen LogP contribution in [0.3, 0.4) is 0 Å². The third-order valence-electron chi connectivity index (χ3n) is 3.76. The van der Waals surface area contributed by atoms with Crippen molar-refractivity contribution in [1.82, 2.24) is 0 Å². The first-order valence-electron chi connectivity index (χ1n) is 6.37. The van der Waals surface area contributed by atoms with Crippen LogP contribution in [0.2, 0.25) is 0 Å². The van der Waals surface area contributed by atoms with E-state index in [9.17, 15) is 0 Å². The van der Waals surface area contributed by atoms with Gasteiger partial charge in [0.15, 0.2) is 0 Å². The molecule has 1 aromatic carbocycles. The number of benzene rings is 1. The summed E-state index contributed by atoms with van der Waals surface area (Å²) in [5.41, 5.74) is 3.41. The minimum absolute atomic E-state index is 0.505. The van der Waals surface area contributed by atoms with E-state index in [2.05, 4.69) is 50.2 Å². The largest absolute Gasteiger partial charge is 0.377 e. The Labute approximate surface area is 99.5 Å². The molecule has 0 unspecified atom stereocenters. The zero-order valence-electron chi connectivity index (χ0n) is 10.7. The highest BCUT2D eigenvalue weighted by atomic mass is 15.1. The smallest absolute Gasteiger partial charge is 0.0405 e. The average molecular weight is 216 g/mol. The van der Waals surface area contributed by atoms with Crippen LogP contribution in [-0.2, 0) is 5.41 Å². The van der Waals surface area contributed by atoms with Gasteiger partial charge >= 0.3 is 0 Å². The summed E-state index contributed by atoms with van der Waals surface area (Å²) >= 11 is 0. The van der Waals surface area contributed by atoms with Crippen molar-refractivity contribution in [3.63, 3.8) is 0 Å². The number of hydrogen-bond donors (Lipinski definition) is 0. The van der Waals surface area contributed by atoms with E-state index in [0.717, 1.165) is 0 Å². The molecule has 1 nitrogen and oxygen atoms in total. The zero-order chi connectivity index (χ0) is 11.6. The summed E-state index contributed by atoms with van der Waals surface area (Å²) in [5.74, 6) is 0. The van der Waals surface area contributed by atoms with E-state index in [1.807, 2.05) is 0 Å². The third kappa shape index (κ3) is 2.09. The van der Waals surface area contributed by atoms with E-state index >= 15 is 0 Å². The highest BCUT2D eigenvalue weighted by Crippen LogP contribution is 2.54. The second-order valence-corrected chi connectivity index (χ2v) is 5.22. The van der Waals surface area contributed by atoms with Crippen molar-refractivity contribution in [2.24, 2.45) is 0 Å². The molecule has 1 fully saturated rings. The SMILES string of the molecule is CCCCC1(c2cc[c]cc2N(C)C)CC1. The Kier molecular flexibility index (Phi) is 3.22. The summed E-state index contributed by atoms with van der Waals surface area (Å²) in [7, 11) is 4.26. The maximum absolute atomic E-state index is 3.20. The molecule has 0 aliphatic heterocycles. The Hall–Kier alpha value is -0.980. The van der Waals surface area contributed by atoms with Crippen LogP contribution >= 0.6 is 0 Å². The standard InChI is InChI=1S/C15H22N/c1-4-5-10-15(11-12-15)13-8-6-7-9-14(13)16(2)3/h6,8-9H,4-5,10-12H2,1-3H3. The van der Waals surface area contributed by atoms with E-state index in [-0.39, 0.29) is 0 Å². The molecule has 1 aromatic rings. The summed E-state index contributed by atoms with van der Waals surface area (Å²) < 4.78 is 0. The molecule has 87 valence electrons. The number of hydrogen-bond acceptors (Lipinski definition) is 1. The number of nitrogens with zero attached hydrogens (tertiary/aromatic N) is 1. The predicted octanol–water partition coefficient (Wildman–Crippen LogP) is 3.77. The monoisotopic (exact) mass is 216 g/mol. The average Bonchev–Trinajstić information content (AvgIpc) is 3.07. The summed E-state index contributed by atoms with van der Waals surface area (Å²) in [6.07, 6.45) is 6.76. The fourth-order valence-electron chi connectivity index (χ4n) is 2.56. The summed E-state index contributed by atoms with van der Waals surface area (Å²) in [5, 5.41) is 0. The Balaban J connectivity index is 2.26. The van der Waals surface area contributed by atoms with Crippen molar-refractivity contribution in [1.29, 1.82) is 0 Å². The predicted molar refractivity (Wildman–Crippen MR) is 70.0 cm³/mol. The molecule has 1 saturated carbocycles. The van der Waals surface area contributed by atoms with Crippen LogP contribution in [0.25, 0.3) is 0 Å². The number of unbranched alkanes of at least 4 members (excludes halogenated alkanes) is 1. The minimum Gasteiger partial charge on any atom is -0.377 e. The van der Waals surface area contributed by atoms with Gasteiger partial charge in [-0.25, -0.2) is 0 Å². The van der Waals surface area contributed by atoms with Gasteiger partial charge in [0.1, 0.15) is 0 Å². The van der Waals surface area contributed by atoms with Gasteiger partial charge in [-0.15, -0.1) is 0 Å². The van der Waals surface area contributed by atoms with Crippen LogP contribution in [0.1, 0.15) is 44.6 Å². The van der Waals surface area contributed by atoms with Gasteiger partial charge in [-0.05, 0) is 42.4 Å². The second kappa shape index (κ2) is 4.48. The van der Waals surface area contributed by atoms with E-state index in [4.69, 9.17) is 0 Å². The minimum atomic E-state index is 0.505. The molecule has 0 heterocycles. The van der Waals surface area contributed by atoms with Crippen molar-refractivity contribution in [3.05, 3.63) is 29.8 Å². The van der Waals surface area contributed by atoms with Gasteiger partial charge < -0.3 is 4.90 Å². The third-order valence-corrected chi connectivity index (χ3v) is 3.76. The maximum Gasteiger partial charge on any atom is 0.0405 e. The lowest BCUT2D eigenvalue weighted by atomic mass is 9.89. The highest BCUT2D eigenvalue weighted by molar-refractivity contribution is 5.57. The van der Waals surface area contributed by atoms with Crippen molar-refractivity contribution in [3.8, 4) is 0 Å². The van der Waals surface area contributed by atoms with E-state index < -0.39 is 0 Å². The van der Waals surface area contributed by atoms with Crippen molar-refractivity contribution < 1.29 is 0 Å². The Bertz CT molecular complexity index is 350. The molecule has 1 aliphatic rings. The first kappa shape index (κ1) is 11.5. The molecule has 0 bridgehead atoms. The van der Waals surface area contributed by atoms with Gasteiger partial charge in [-0.3, -0.25) is 0 Å². The van der Waals surface area contributed by atoms with Crippen LogP contribution in [0, 0.1) is 6.07 Å². The normalized spacial score (nSPS) is 17.2. The lowest BCUT2D eigenvalue weighted by Gasteiger charge is -2.23. The van der Waals surface area contributed by atoms with Crippen LogP contribution in [0.15, 0.2) is 18.2 Å². The molecular formula is C15H22N. The van der Waals surface area contributed by atoms with Gasteiger partial charge in [0.25, 0.3) is 0 Å². The maximum atomic E-state index is 3.20. The molecule has 0 amide bonds. The summed E-state index contributed by atoms with van der Waals surface area (Å²) in [6, 6.07) is 9.66. The Morgan fingerprint density at radius 2 is 2.12 bits per heavy atom. The van der Waals surface area contributed by atoms with E-state index in [1.165, 1.54) is 37.8 Å². The zero-order valence-corrected chi connectivity index (χ0v) is 10.7. The summed E-state index contributed by atoms with van der Waals surface area (Å²) in [6.45, 7) is 2.28. The Morgan fingerprint density at radius 1 is 1.38 bits per heavy atom. The lowest BCUT2D eigenvalue weighted by Crippen LogP contribution is -2.16. The van der Waals surface area contributed by atoms with Crippen LogP contribution in [0.4, 0.5) is 5.69 Å². The molecule has 1 aliphatic carbocycles. The fourth-order valence-corrected chi connectivity index (χ4v) is 2.56. The molecule has 1 radical (unpaired) electrons. The van der Waals surface area contributed by atoms with E-state index in [0.29, 0.717) is 5.41 Å². The van der Waals surface area contributed by atoms with Gasteiger partial charge in [-0.1, -0.05) is 31.9 Å². The first-order chi connectivity index (χ1) is 7.69. The van der Waals surface area contributed by atoms with Crippen LogP contribution in [0.5, 0.6) is 0 Å². The van der Waals surface area contributed by atoms with Gasteiger partial charge in [-0.2, -0.15) is 0 Å². The molecule has 16 heavy (non-hydrogen) atoms. The molecule has 2 rings (SSSR count). The molecule has 0 aromatic heterocycles. The van der Waals surface area contributed by atoms with Crippen molar-refractivity contribution in [2.75, 3.05) is 19.0 Å². The van der Waals surface area contributed by atoms with Crippen molar-refractivity contribution in [2.45, 2.75) is 44.4 Å². The van der Waals surface area contributed by atoms with Gasteiger partial charge in [0.05, 0.1) is 0 Å². The number of rotatable bonds is 5. The van der Waals surface area contributed by atoms with Crippen LogP contribution in [-0.4, -0.2) is 14.1 Å². The van der Waals surface area contributed by atoms with Gasteiger partial charge in [0, 0.05) is 19.8 Å². The highest BCUT2D eigenvalue weighted by Gasteiger charge is 2.44. The fraction of sp³-hybridized carbons (Fsp3) is 0.600. The van der Waals surface area contributed by atoms with Crippen LogP contribution < -0.4 is 4.90 Å². The molecule has 0 N–H and O–H groups in total. The lowest BCUT2D eigenvalue weighted by molar-refractivity contribution is 0.575. The molecule has 0 atom stereocenters. The van der Waals surface area contributed by atoms with E-state index in [1.54, 1.807) is 5.56 Å². The second-order valence-electron chi connectivity index (χ2n) is 5.22. The molecule has 1 heteroatoms. The molecule has 0 saturated heterocycles. The number of anilines is 1. The topological polar surface area (TPSA) is 3.24 Å². The quantitative estimate of drug-likeness (QED) is 0.724. The summed E-state index contributed by atoms with van der Waals surface area (Å²) in [4.78, 5) is 2.22. The van der Waals surface area contributed by atoms with Crippen molar-refractivity contribution >= 4 is 5.69 Å².